The highest BCUT2D eigenvalue weighted by molar-refractivity contribution is 9.10. The van der Waals surface area contributed by atoms with Crippen molar-refractivity contribution in [1.82, 2.24) is 0 Å². The van der Waals surface area contributed by atoms with Crippen molar-refractivity contribution in [3.8, 4) is 5.75 Å². The SMILES string of the molecule is CC(N)Cc1ccc(OCc2ccc(Br)cc2F)c(F)c1. The zero-order valence-corrected chi connectivity index (χ0v) is 13.2. The van der Waals surface area contributed by atoms with Gasteiger partial charge in [0, 0.05) is 16.1 Å². The van der Waals surface area contributed by atoms with Gasteiger partial charge >= 0.3 is 0 Å². The average Bonchev–Trinajstić information content (AvgIpc) is 2.39. The second-order valence-corrected chi connectivity index (χ2v) is 5.89. The molecule has 0 spiro atoms. The van der Waals surface area contributed by atoms with E-state index >= 15 is 0 Å². The van der Waals surface area contributed by atoms with Gasteiger partial charge in [-0.3, -0.25) is 0 Å². The van der Waals surface area contributed by atoms with Gasteiger partial charge in [0.05, 0.1) is 0 Å². The lowest BCUT2D eigenvalue weighted by Gasteiger charge is -2.10. The second-order valence-electron chi connectivity index (χ2n) is 4.97. The number of halogens is 3. The molecule has 0 saturated carbocycles. The first-order valence-electron chi connectivity index (χ1n) is 6.56. The van der Waals surface area contributed by atoms with Crippen LogP contribution in [-0.2, 0) is 13.0 Å². The molecule has 0 aliphatic heterocycles. The average molecular weight is 356 g/mol. The molecule has 0 aromatic heterocycles. The molecule has 0 radical (unpaired) electrons. The number of benzene rings is 2. The van der Waals surface area contributed by atoms with Crippen molar-refractivity contribution < 1.29 is 13.5 Å². The molecule has 0 bridgehead atoms. The van der Waals surface area contributed by atoms with E-state index in [0.717, 1.165) is 5.56 Å². The molecule has 2 rings (SSSR count). The van der Waals surface area contributed by atoms with E-state index in [1.165, 1.54) is 12.1 Å². The first-order chi connectivity index (χ1) is 9.95. The standard InChI is InChI=1S/C16H16BrF2NO/c1-10(20)6-11-2-5-16(15(19)7-11)21-9-12-3-4-13(17)8-14(12)18/h2-5,7-8,10H,6,9,20H2,1H3. The fraction of sp³-hybridized carbons (Fsp3) is 0.250. The summed E-state index contributed by atoms with van der Waals surface area (Å²) in [6.07, 6.45) is 0.596. The molecule has 2 aromatic rings. The Balaban J connectivity index is 2.06. The van der Waals surface area contributed by atoms with Crippen LogP contribution >= 0.6 is 15.9 Å². The Hall–Kier alpha value is -1.46. The molecule has 2 nitrogen and oxygen atoms in total. The van der Waals surface area contributed by atoms with Gasteiger partial charge in [-0.2, -0.15) is 0 Å². The van der Waals surface area contributed by atoms with Gasteiger partial charge in [0.2, 0.25) is 0 Å². The number of ether oxygens (including phenoxy) is 1. The predicted octanol–water partition coefficient (Wildman–Crippen LogP) is 4.20. The van der Waals surface area contributed by atoms with Gasteiger partial charge in [-0.05, 0) is 43.2 Å². The van der Waals surface area contributed by atoms with E-state index in [9.17, 15) is 8.78 Å². The van der Waals surface area contributed by atoms with Crippen LogP contribution in [0.2, 0.25) is 0 Å². The third-order valence-corrected chi connectivity index (χ3v) is 3.45. The van der Waals surface area contributed by atoms with Crippen molar-refractivity contribution in [2.45, 2.75) is 26.0 Å². The lowest BCUT2D eigenvalue weighted by atomic mass is 10.1. The Labute approximate surface area is 131 Å². The van der Waals surface area contributed by atoms with Crippen molar-refractivity contribution >= 4 is 15.9 Å². The van der Waals surface area contributed by atoms with Gasteiger partial charge in [0.25, 0.3) is 0 Å². The lowest BCUT2D eigenvalue weighted by molar-refractivity contribution is 0.284. The van der Waals surface area contributed by atoms with Gasteiger partial charge in [-0.1, -0.05) is 28.1 Å². The van der Waals surface area contributed by atoms with Crippen molar-refractivity contribution in [2.24, 2.45) is 5.73 Å². The number of hydrogen-bond acceptors (Lipinski definition) is 2. The number of hydrogen-bond donors (Lipinski definition) is 1. The second kappa shape index (κ2) is 7.00. The van der Waals surface area contributed by atoms with E-state index in [0.29, 0.717) is 16.5 Å². The monoisotopic (exact) mass is 355 g/mol. The van der Waals surface area contributed by atoms with Gasteiger partial charge in [-0.15, -0.1) is 0 Å². The summed E-state index contributed by atoms with van der Waals surface area (Å²) in [6.45, 7) is 1.83. The van der Waals surface area contributed by atoms with Gasteiger partial charge < -0.3 is 10.5 Å². The van der Waals surface area contributed by atoms with Crippen molar-refractivity contribution in [1.29, 1.82) is 0 Å². The maximum absolute atomic E-state index is 13.9. The minimum atomic E-state index is -0.467. The molecule has 21 heavy (non-hydrogen) atoms. The molecular weight excluding hydrogens is 340 g/mol. The van der Waals surface area contributed by atoms with Gasteiger partial charge in [0.1, 0.15) is 12.4 Å². The molecule has 112 valence electrons. The molecule has 0 aliphatic rings. The van der Waals surface area contributed by atoms with E-state index in [1.807, 2.05) is 6.92 Å². The highest BCUT2D eigenvalue weighted by atomic mass is 79.9. The van der Waals surface area contributed by atoms with E-state index in [4.69, 9.17) is 10.5 Å². The van der Waals surface area contributed by atoms with Crippen LogP contribution in [0.4, 0.5) is 8.78 Å². The fourth-order valence-corrected chi connectivity index (χ4v) is 2.29. The zero-order valence-electron chi connectivity index (χ0n) is 11.6. The molecule has 0 amide bonds. The first kappa shape index (κ1) is 15.9. The Morgan fingerprint density at radius 3 is 2.52 bits per heavy atom. The van der Waals surface area contributed by atoms with E-state index in [-0.39, 0.29) is 18.4 Å². The predicted molar refractivity (Wildman–Crippen MR) is 82.2 cm³/mol. The Bertz CT molecular complexity index is 632. The normalized spacial score (nSPS) is 12.2. The van der Waals surface area contributed by atoms with Crippen LogP contribution in [0.3, 0.4) is 0 Å². The minimum Gasteiger partial charge on any atom is -0.486 e. The van der Waals surface area contributed by atoms with Gasteiger partial charge in [0.15, 0.2) is 11.6 Å². The minimum absolute atomic E-state index is 0.0251. The zero-order chi connectivity index (χ0) is 15.4. The van der Waals surface area contributed by atoms with Crippen LogP contribution in [0.15, 0.2) is 40.9 Å². The molecule has 2 N–H and O–H groups in total. The third kappa shape index (κ3) is 4.51. The molecule has 0 fully saturated rings. The lowest BCUT2D eigenvalue weighted by Crippen LogP contribution is -2.17. The summed E-state index contributed by atoms with van der Waals surface area (Å²) in [5, 5.41) is 0. The Morgan fingerprint density at radius 1 is 1.14 bits per heavy atom. The van der Waals surface area contributed by atoms with Crippen LogP contribution in [0.5, 0.6) is 5.75 Å². The molecule has 1 atom stereocenters. The van der Waals surface area contributed by atoms with Crippen molar-refractivity contribution in [3.63, 3.8) is 0 Å². The summed E-state index contributed by atoms with van der Waals surface area (Å²) in [7, 11) is 0. The Morgan fingerprint density at radius 2 is 1.90 bits per heavy atom. The van der Waals surface area contributed by atoms with E-state index < -0.39 is 11.6 Å². The summed E-state index contributed by atoms with van der Waals surface area (Å²) in [5.41, 5.74) is 6.86. The third-order valence-electron chi connectivity index (χ3n) is 2.95. The molecule has 0 saturated heterocycles. The smallest absolute Gasteiger partial charge is 0.165 e. The maximum Gasteiger partial charge on any atom is 0.165 e. The summed E-state index contributed by atoms with van der Waals surface area (Å²) >= 11 is 3.18. The van der Waals surface area contributed by atoms with Gasteiger partial charge in [-0.25, -0.2) is 8.78 Å². The highest BCUT2D eigenvalue weighted by Gasteiger charge is 2.08. The molecule has 0 heterocycles. The quantitative estimate of drug-likeness (QED) is 0.872. The van der Waals surface area contributed by atoms with E-state index in [1.54, 1.807) is 24.3 Å². The molecule has 0 aliphatic carbocycles. The molecule has 2 aromatic carbocycles. The summed E-state index contributed by atoms with van der Waals surface area (Å²) in [4.78, 5) is 0. The van der Waals surface area contributed by atoms with Crippen molar-refractivity contribution in [3.05, 3.63) is 63.6 Å². The van der Waals surface area contributed by atoms with Crippen molar-refractivity contribution in [2.75, 3.05) is 0 Å². The number of rotatable bonds is 5. The van der Waals surface area contributed by atoms with Crippen LogP contribution in [0.25, 0.3) is 0 Å². The number of nitrogens with two attached hydrogens (primary N) is 1. The summed E-state index contributed by atoms with van der Waals surface area (Å²) in [6, 6.07) is 9.33. The topological polar surface area (TPSA) is 35.2 Å². The molecule has 1 unspecified atom stereocenters. The first-order valence-corrected chi connectivity index (χ1v) is 7.35. The Kier molecular flexibility index (Phi) is 5.31. The molecular formula is C16H16BrF2NO. The van der Waals surface area contributed by atoms with Crippen LogP contribution in [-0.4, -0.2) is 6.04 Å². The fourth-order valence-electron chi connectivity index (χ4n) is 1.95. The maximum atomic E-state index is 13.9. The highest BCUT2D eigenvalue weighted by Crippen LogP contribution is 2.22. The molecule has 5 heteroatoms. The van der Waals surface area contributed by atoms with E-state index in [2.05, 4.69) is 15.9 Å². The van der Waals surface area contributed by atoms with Crippen LogP contribution < -0.4 is 10.5 Å². The summed E-state index contributed by atoms with van der Waals surface area (Å²) < 4.78 is 33.5. The largest absolute Gasteiger partial charge is 0.486 e. The summed E-state index contributed by atoms with van der Waals surface area (Å²) in [5.74, 6) is -0.755. The van der Waals surface area contributed by atoms with Crippen LogP contribution in [0.1, 0.15) is 18.1 Å². The van der Waals surface area contributed by atoms with Crippen LogP contribution in [0, 0.1) is 11.6 Å².